The van der Waals surface area contributed by atoms with E-state index in [0.29, 0.717) is 0 Å². The molecule has 1 aromatic rings. The van der Waals surface area contributed by atoms with Gasteiger partial charge in [0, 0.05) is 12.0 Å². The first kappa shape index (κ1) is 11.7. The monoisotopic (exact) mass is 210 g/mol. The number of nitrogens with two attached hydrogens (primary N) is 1. The molecular formula is C10H18N4O. The Morgan fingerprint density at radius 1 is 1.53 bits per heavy atom. The molecule has 5 nitrogen and oxygen atoms in total. The summed E-state index contributed by atoms with van der Waals surface area (Å²) in [6, 6.07) is 0. The summed E-state index contributed by atoms with van der Waals surface area (Å²) in [5.74, 6) is -0.0879. The van der Waals surface area contributed by atoms with Gasteiger partial charge in [-0.25, -0.2) is 0 Å². The molecule has 0 aliphatic rings. The van der Waals surface area contributed by atoms with Crippen molar-refractivity contribution in [2.45, 2.75) is 39.7 Å². The second kappa shape index (κ2) is 4.02. The topological polar surface area (TPSA) is 83.8 Å². The zero-order valence-corrected chi connectivity index (χ0v) is 9.64. The molecule has 0 aliphatic heterocycles. The van der Waals surface area contributed by atoms with Gasteiger partial charge in [-0.05, 0) is 27.7 Å². The van der Waals surface area contributed by atoms with Crippen LogP contribution < -0.4 is 11.1 Å². The van der Waals surface area contributed by atoms with Crippen molar-refractivity contribution in [3.8, 4) is 0 Å². The smallest absolute Gasteiger partial charge is 0.226 e. The van der Waals surface area contributed by atoms with E-state index in [1.807, 2.05) is 27.7 Å². The minimum atomic E-state index is -0.490. The van der Waals surface area contributed by atoms with E-state index in [9.17, 15) is 4.79 Å². The summed E-state index contributed by atoms with van der Waals surface area (Å²) in [6.07, 6.45) is 0.289. The van der Waals surface area contributed by atoms with Gasteiger partial charge in [0.2, 0.25) is 5.91 Å². The molecule has 4 N–H and O–H groups in total. The van der Waals surface area contributed by atoms with Crippen LogP contribution >= 0.6 is 0 Å². The third-order valence-electron chi connectivity index (χ3n) is 2.01. The Bertz CT molecular complexity index is 342. The SMILES string of the molecule is Cc1n[nH]c(C)c1NC(=O)CC(C)(C)N. The van der Waals surface area contributed by atoms with Crippen molar-refractivity contribution in [1.82, 2.24) is 10.2 Å². The average Bonchev–Trinajstić information content (AvgIpc) is 2.32. The highest BCUT2D eigenvalue weighted by molar-refractivity contribution is 5.92. The molecule has 0 atom stereocenters. The van der Waals surface area contributed by atoms with Gasteiger partial charge < -0.3 is 11.1 Å². The Kier molecular flexibility index (Phi) is 3.14. The van der Waals surface area contributed by atoms with Crippen molar-refractivity contribution < 1.29 is 4.79 Å². The number of aryl methyl sites for hydroxylation is 2. The van der Waals surface area contributed by atoms with Crippen LogP contribution in [0.15, 0.2) is 0 Å². The molecule has 0 aromatic carbocycles. The van der Waals surface area contributed by atoms with Gasteiger partial charge in [-0.2, -0.15) is 5.10 Å². The van der Waals surface area contributed by atoms with Crippen LogP contribution in [0.3, 0.4) is 0 Å². The Morgan fingerprint density at radius 3 is 2.53 bits per heavy atom. The highest BCUT2D eigenvalue weighted by atomic mass is 16.1. The Balaban J connectivity index is 2.67. The number of carbonyl (C=O) groups is 1. The number of H-pyrrole nitrogens is 1. The van der Waals surface area contributed by atoms with E-state index < -0.39 is 5.54 Å². The van der Waals surface area contributed by atoms with E-state index in [1.165, 1.54) is 0 Å². The first-order chi connectivity index (χ1) is 6.79. The van der Waals surface area contributed by atoms with E-state index in [4.69, 9.17) is 5.73 Å². The van der Waals surface area contributed by atoms with E-state index in [-0.39, 0.29) is 12.3 Å². The van der Waals surface area contributed by atoms with Gasteiger partial charge in [-0.3, -0.25) is 9.89 Å². The Hall–Kier alpha value is -1.36. The van der Waals surface area contributed by atoms with Crippen molar-refractivity contribution >= 4 is 11.6 Å². The van der Waals surface area contributed by atoms with Gasteiger partial charge in [-0.1, -0.05) is 0 Å². The number of nitrogens with one attached hydrogen (secondary N) is 2. The summed E-state index contributed by atoms with van der Waals surface area (Å²) < 4.78 is 0. The highest BCUT2D eigenvalue weighted by Gasteiger charge is 2.18. The van der Waals surface area contributed by atoms with Crippen molar-refractivity contribution in [2.24, 2.45) is 5.73 Å². The van der Waals surface area contributed by atoms with E-state index in [2.05, 4.69) is 15.5 Å². The minimum Gasteiger partial charge on any atom is -0.325 e. The van der Waals surface area contributed by atoms with Crippen molar-refractivity contribution in [2.75, 3.05) is 5.32 Å². The molecule has 0 spiro atoms. The molecule has 0 radical (unpaired) electrons. The predicted octanol–water partition coefficient (Wildman–Crippen LogP) is 1.09. The largest absolute Gasteiger partial charge is 0.325 e. The van der Waals surface area contributed by atoms with Crippen LogP contribution in [0.25, 0.3) is 0 Å². The Labute approximate surface area is 89.4 Å². The molecule has 0 fully saturated rings. The minimum absolute atomic E-state index is 0.0879. The normalized spacial score (nSPS) is 11.5. The van der Waals surface area contributed by atoms with Crippen LogP contribution in [0.5, 0.6) is 0 Å². The van der Waals surface area contributed by atoms with E-state index in [0.717, 1.165) is 17.1 Å². The number of nitrogens with zero attached hydrogens (tertiary/aromatic N) is 1. The number of amides is 1. The van der Waals surface area contributed by atoms with Crippen molar-refractivity contribution in [3.63, 3.8) is 0 Å². The number of carbonyl (C=O) groups excluding carboxylic acids is 1. The number of aromatic nitrogens is 2. The fraction of sp³-hybridized carbons (Fsp3) is 0.600. The molecular weight excluding hydrogens is 192 g/mol. The van der Waals surface area contributed by atoms with Gasteiger partial charge in [0.25, 0.3) is 0 Å². The lowest BCUT2D eigenvalue weighted by atomic mass is 10.0. The number of anilines is 1. The molecule has 84 valence electrons. The second-order valence-electron chi connectivity index (χ2n) is 4.52. The zero-order valence-electron chi connectivity index (χ0n) is 9.64. The number of hydrogen-bond donors (Lipinski definition) is 3. The standard InChI is InChI=1S/C10H18N4O/c1-6-9(7(2)14-13-6)12-8(15)5-10(3,4)11/h5,11H2,1-4H3,(H,12,15)(H,13,14). The van der Waals surface area contributed by atoms with Crippen LogP contribution in [-0.4, -0.2) is 21.6 Å². The molecule has 0 unspecified atom stereocenters. The summed E-state index contributed by atoms with van der Waals surface area (Å²) in [6.45, 7) is 7.35. The molecule has 5 heteroatoms. The lowest BCUT2D eigenvalue weighted by Gasteiger charge is -2.17. The van der Waals surface area contributed by atoms with Crippen molar-refractivity contribution in [3.05, 3.63) is 11.4 Å². The molecule has 1 rings (SSSR count). The maximum absolute atomic E-state index is 11.6. The van der Waals surface area contributed by atoms with Crippen molar-refractivity contribution in [1.29, 1.82) is 0 Å². The number of rotatable bonds is 3. The van der Waals surface area contributed by atoms with Crippen LogP contribution in [-0.2, 0) is 4.79 Å². The number of aromatic amines is 1. The summed E-state index contributed by atoms with van der Waals surface area (Å²) >= 11 is 0. The average molecular weight is 210 g/mol. The lowest BCUT2D eigenvalue weighted by Crippen LogP contribution is -2.36. The predicted molar refractivity (Wildman–Crippen MR) is 59.6 cm³/mol. The molecule has 0 bridgehead atoms. The summed E-state index contributed by atoms with van der Waals surface area (Å²) in [4.78, 5) is 11.6. The first-order valence-corrected chi connectivity index (χ1v) is 4.90. The summed E-state index contributed by atoms with van der Waals surface area (Å²) in [7, 11) is 0. The number of hydrogen-bond acceptors (Lipinski definition) is 3. The quantitative estimate of drug-likeness (QED) is 0.698. The molecule has 0 saturated heterocycles. The second-order valence-corrected chi connectivity index (χ2v) is 4.52. The zero-order chi connectivity index (χ0) is 11.6. The molecule has 1 heterocycles. The van der Waals surface area contributed by atoms with Crippen LogP contribution in [0, 0.1) is 13.8 Å². The molecule has 1 amide bonds. The van der Waals surface area contributed by atoms with Gasteiger partial charge in [0.15, 0.2) is 0 Å². The molecule has 15 heavy (non-hydrogen) atoms. The van der Waals surface area contributed by atoms with E-state index in [1.54, 1.807) is 0 Å². The first-order valence-electron chi connectivity index (χ1n) is 4.90. The maximum atomic E-state index is 11.6. The van der Waals surface area contributed by atoms with E-state index >= 15 is 0 Å². The highest BCUT2D eigenvalue weighted by Crippen LogP contribution is 2.17. The molecule has 0 saturated carbocycles. The maximum Gasteiger partial charge on any atom is 0.226 e. The fourth-order valence-electron chi connectivity index (χ4n) is 1.33. The summed E-state index contributed by atoms with van der Waals surface area (Å²) in [5.41, 5.74) is 7.67. The lowest BCUT2D eigenvalue weighted by molar-refractivity contribution is -0.117. The van der Waals surface area contributed by atoms with Crippen LogP contribution in [0.4, 0.5) is 5.69 Å². The molecule has 1 aromatic heterocycles. The third kappa shape index (κ3) is 3.36. The van der Waals surface area contributed by atoms with Gasteiger partial charge in [0.1, 0.15) is 0 Å². The van der Waals surface area contributed by atoms with Gasteiger partial charge in [0.05, 0.1) is 17.1 Å². The third-order valence-corrected chi connectivity index (χ3v) is 2.01. The van der Waals surface area contributed by atoms with Crippen LogP contribution in [0.1, 0.15) is 31.7 Å². The van der Waals surface area contributed by atoms with Crippen LogP contribution in [0.2, 0.25) is 0 Å². The fourth-order valence-corrected chi connectivity index (χ4v) is 1.33. The summed E-state index contributed by atoms with van der Waals surface area (Å²) in [5, 5.41) is 9.61. The van der Waals surface area contributed by atoms with Gasteiger partial charge >= 0.3 is 0 Å². The van der Waals surface area contributed by atoms with Gasteiger partial charge in [-0.15, -0.1) is 0 Å². The molecule has 0 aliphatic carbocycles. The Morgan fingerprint density at radius 2 is 2.13 bits per heavy atom.